The zero-order chi connectivity index (χ0) is 48.7. The number of aromatic nitrogens is 2. The number of ether oxygens (including phenoxy) is 1. The van der Waals surface area contributed by atoms with E-state index in [1.807, 2.05) is 29.2 Å². The number of methoxy groups -OCH3 is 1. The van der Waals surface area contributed by atoms with Gasteiger partial charge in [0.2, 0.25) is 23.7 Å². The van der Waals surface area contributed by atoms with E-state index in [0.29, 0.717) is 48.1 Å². The molecule has 5 N–H and O–H groups in total. The normalized spacial score (nSPS) is 19.9. The van der Waals surface area contributed by atoms with Crippen molar-refractivity contribution in [2.75, 3.05) is 62.3 Å². The summed E-state index contributed by atoms with van der Waals surface area (Å²) in [5.74, 6) is 0.488. The molecule has 19 heteroatoms. The van der Waals surface area contributed by atoms with Gasteiger partial charge in [0.1, 0.15) is 16.8 Å². The molecular weight excluding hydrogens is 920 g/mol. The molecule has 4 amide bonds. The van der Waals surface area contributed by atoms with Gasteiger partial charge in [0.25, 0.3) is 5.91 Å². The molecule has 8 rings (SSSR count). The van der Waals surface area contributed by atoms with Crippen LogP contribution in [0.1, 0.15) is 106 Å². The molecule has 3 aromatic carbocycles. The third-order valence-corrected chi connectivity index (χ3v) is 16.2. The Labute approximate surface area is 409 Å². The molecule has 368 valence electrons. The van der Waals surface area contributed by atoms with Crippen LogP contribution in [0.3, 0.4) is 0 Å². The molecule has 17 nitrogen and oxygen atoms in total. The van der Waals surface area contributed by atoms with E-state index >= 15 is 0 Å². The first kappa shape index (κ1) is 49.6. The molecular formula is C50H63ClN10O7S. The fraction of sp³-hybridized carbons (Fsp3) is 0.480. The lowest BCUT2D eigenvalue weighted by atomic mass is 9.92. The average molecular weight is 984 g/mol. The van der Waals surface area contributed by atoms with Crippen LogP contribution >= 0.6 is 11.6 Å². The molecule has 4 aliphatic rings. The predicted molar refractivity (Wildman–Crippen MR) is 266 cm³/mol. The number of para-hydroxylation sites is 1. The van der Waals surface area contributed by atoms with E-state index in [0.717, 1.165) is 101 Å². The average Bonchev–Trinajstić information content (AvgIpc) is 3.69. The van der Waals surface area contributed by atoms with Crippen LogP contribution in [-0.4, -0.2) is 120 Å². The lowest BCUT2D eigenvalue weighted by molar-refractivity contribution is -0.137. The first-order valence-corrected chi connectivity index (χ1v) is 26.1. The maximum absolute atomic E-state index is 13.2. The van der Waals surface area contributed by atoms with E-state index in [-0.39, 0.29) is 51.9 Å². The first-order chi connectivity index (χ1) is 33.3. The molecule has 4 aromatic rings. The van der Waals surface area contributed by atoms with Gasteiger partial charge in [0.15, 0.2) is 15.7 Å². The summed E-state index contributed by atoms with van der Waals surface area (Å²) < 4.78 is 31.9. The van der Waals surface area contributed by atoms with Crippen LogP contribution in [0.2, 0.25) is 5.02 Å². The van der Waals surface area contributed by atoms with Crippen molar-refractivity contribution in [2.45, 2.75) is 113 Å². The minimum atomic E-state index is -3.57. The van der Waals surface area contributed by atoms with E-state index in [1.165, 1.54) is 6.20 Å². The zero-order valence-corrected chi connectivity index (χ0v) is 41.1. The van der Waals surface area contributed by atoms with Gasteiger partial charge >= 0.3 is 0 Å². The fourth-order valence-corrected chi connectivity index (χ4v) is 11.1. The molecule has 4 aliphatic heterocycles. The Bertz CT molecular complexity index is 2640. The molecule has 3 unspecified atom stereocenters. The van der Waals surface area contributed by atoms with Crippen molar-refractivity contribution >= 4 is 73.9 Å². The Kier molecular flexibility index (Phi) is 16.0. The van der Waals surface area contributed by atoms with E-state index < -0.39 is 27.0 Å². The van der Waals surface area contributed by atoms with Crippen LogP contribution < -0.4 is 31.3 Å². The number of piperidine rings is 2. The number of hydrogen-bond donors (Lipinski definition) is 5. The van der Waals surface area contributed by atoms with Crippen molar-refractivity contribution in [3.8, 4) is 5.75 Å². The van der Waals surface area contributed by atoms with Crippen LogP contribution in [0.25, 0.3) is 0 Å². The third kappa shape index (κ3) is 11.6. The summed E-state index contributed by atoms with van der Waals surface area (Å²) in [7, 11) is -1.95. The number of carbonyl (C=O) groups is 4. The van der Waals surface area contributed by atoms with Gasteiger partial charge in [-0.15, -0.1) is 0 Å². The van der Waals surface area contributed by atoms with Gasteiger partial charge in [0.05, 0.1) is 34.8 Å². The second-order valence-corrected chi connectivity index (χ2v) is 21.3. The zero-order valence-electron chi connectivity index (χ0n) is 39.6. The molecule has 0 aliphatic carbocycles. The minimum Gasteiger partial charge on any atom is -0.495 e. The number of piperazine rings is 1. The number of rotatable bonds is 19. The van der Waals surface area contributed by atoms with Gasteiger partial charge in [-0.3, -0.25) is 29.4 Å². The monoisotopic (exact) mass is 982 g/mol. The maximum atomic E-state index is 13.2. The van der Waals surface area contributed by atoms with Crippen LogP contribution in [0.15, 0.2) is 71.8 Å². The van der Waals surface area contributed by atoms with Crippen molar-refractivity contribution in [2.24, 2.45) is 0 Å². The molecule has 3 fully saturated rings. The number of carbonyl (C=O) groups excluding carboxylic acids is 4. The van der Waals surface area contributed by atoms with Gasteiger partial charge in [0, 0.05) is 81.0 Å². The number of anilines is 5. The quantitative estimate of drug-likeness (QED) is 0.0476. The fourth-order valence-electron chi connectivity index (χ4n) is 9.75. The number of halogens is 1. The van der Waals surface area contributed by atoms with E-state index in [4.69, 9.17) is 16.3 Å². The van der Waals surface area contributed by atoms with E-state index in [9.17, 15) is 27.6 Å². The second-order valence-electron chi connectivity index (χ2n) is 18.5. The number of nitrogens with one attached hydrogen (secondary N) is 5. The lowest BCUT2D eigenvalue weighted by Crippen LogP contribution is -2.54. The second kappa shape index (κ2) is 22.3. The summed E-state index contributed by atoms with van der Waals surface area (Å²) >= 11 is 6.48. The molecule has 3 saturated heterocycles. The molecule has 5 heterocycles. The van der Waals surface area contributed by atoms with Gasteiger partial charge in [-0.1, -0.05) is 55.1 Å². The highest BCUT2D eigenvalue weighted by Crippen LogP contribution is 2.36. The van der Waals surface area contributed by atoms with Gasteiger partial charge in [-0.05, 0) is 94.5 Å². The molecule has 0 spiro atoms. The SMILES string of the molecule is COc1cc(C2CC(N3CCN(C(=O)CCCCCCCNc4cccc5c4CN(C4CCC(=O)NC4=O)C5=O)CC3)CCN2)ccc1Nc1ncc(Cl)c(Nc2ccccc2S(=O)(=O)C(C)C)n1. The van der Waals surface area contributed by atoms with Crippen LogP contribution in [-0.2, 0) is 30.8 Å². The largest absolute Gasteiger partial charge is 0.495 e. The number of sulfone groups is 1. The number of fused-ring (bicyclic) bond motifs is 1. The smallest absolute Gasteiger partial charge is 0.255 e. The molecule has 0 saturated carbocycles. The molecule has 3 atom stereocenters. The number of benzene rings is 3. The topological polar surface area (TPSA) is 207 Å². The van der Waals surface area contributed by atoms with Gasteiger partial charge < -0.3 is 35.8 Å². The Morgan fingerprint density at radius 3 is 2.46 bits per heavy atom. The van der Waals surface area contributed by atoms with E-state index in [1.54, 1.807) is 56.2 Å². The first-order valence-electron chi connectivity index (χ1n) is 24.1. The molecule has 1 aromatic heterocycles. The van der Waals surface area contributed by atoms with Crippen LogP contribution in [0.5, 0.6) is 5.75 Å². The highest BCUT2D eigenvalue weighted by atomic mass is 35.5. The summed E-state index contributed by atoms with van der Waals surface area (Å²) in [6.07, 6.45) is 9.47. The molecule has 69 heavy (non-hydrogen) atoms. The van der Waals surface area contributed by atoms with E-state index in [2.05, 4.69) is 47.5 Å². The minimum absolute atomic E-state index is 0.120. The van der Waals surface area contributed by atoms with Crippen molar-refractivity contribution in [3.63, 3.8) is 0 Å². The lowest BCUT2D eigenvalue weighted by Gasteiger charge is -2.43. The van der Waals surface area contributed by atoms with Gasteiger partial charge in [-0.25, -0.2) is 13.4 Å². The summed E-state index contributed by atoms with van der Waals surface area (Å²) in [6, 6.07) is 18.2. The van der Waals surface area contributed by atoms with Crippen molar-refractivity contribution < 1.29 is 32.3 Å². The van der Waals surface area contributed by atoms with Gasteiger partial charge in [-0.2, -0.15) is 4.98 Å². The number of unbranched alkanes of at least 4 members (excludes halogenated alkanes) is 4. The number of hydrogen-bond acceptors (Lipinski definition) is 14. The van der Waals surface area contributed by atoms with Crippen molar-refractivity contribution in [1.82, 2.24) is 35.3 Å². The summed E-state index contributed by atoms with van der Waals surface area (Å²) in [5.41, 5.74) is 4.54. The Morgan fingerprint density at radius 1 is 0.913 bits per heavy atom. The van der Waals surface area contributed by atoms with Crippen LogP contribution in [0.4, 0.5) is 28.8 Å². The van der Waals surface area contributed by atoms with Crippen LogP contribution in [0, 0.1) is 0 Å². The summed E-state index contributed by atoms with van der Waals surface area (Å²) in [4.78, 5) is 65.7. The molecule has 0 bridgehead atoms. The Hall–Kier alpha value is -5.82. The summed E-state index contributed by atoms with van der Waals surface area (Å²) in [5, 5.41) is 15.5. The summed E-state index contributed by atoms with van der Waals surface area (Å²) in [6.45, 7) is 8.45. The predicted octanol–water partition coefficient (Wildman–Crippen LogP) is 6.96. The maximum Gasteiger partial charge on any atom is 0.255 e. The Morgan fingerprint density at radius 2 is 1.68 bits per heavy atom. The third-order valence-electron chi connectivity index (χ3n) is 13.7. The number of imide groups is 1. The highest BCUT2D eigenvalue weighted by Gasteiger charge is 2.40. The standard InChI is InChI=1S/C50H63ClN10O7S/c1-32(2)69(66,67)44-15-9-8-13-40(44)55-47-37(51)30-54-50(58-47)56-39-18-17-33(28-43(39)68-3)41-29-34(21-23-53-41)59-24-26-60(27-25-59)46(63)16-7-5-4-6-10-22-52-38-14-11-12-35-36(38)31-61(49(35)65)42-19-20-45(62)57-48(42)64/h8-9,11-15,17-18,28,30,32,34,41-42,52-53H,4-7,10,16,19-27,29,31H2,1-3H3,(H,57,62,64)(H2,54,55,56,58). The number of amides is 4. The van der Waals surface area contributed by atoms with Crippen molar-refractivity contribution in [1.29, 1.82) is 0 Å². The molecule has 0 radical (unpaired) electrons. The Balaban J connectivity index is 0.747. The number of nitrogens with zero attached hydrogens (tertiary/aromatic N) is 5. The highest BCUT2D eigenvalue weighted by molar-refractivity contribution is 7.92. The van der Waals surface area contributed by atoms with Crippen molar-refractivity contribution in [3.05, 3.63) is 88.6 Å².